The third-order valence-electron chi connectivity index (χ3n) is 19.3. The molecule has 3 heterocycles. The molecule has 12 atom stereocenters. The van der Waals surface area contributed by atoms with Gasteiger partial charge in [-0.25, -0.2) is 9.59 Å². The molecule has 4 rings (SSSR count). The van der Waals surface area contributed by atoms with Gasteiger partial charge in [0.25, 0.3) is 0 Å². The lowest BCUT2D eigenvalue weighted by Gasteiger charge is -2.41. The molecule has 1 aromatic carbocycles. The Morgan fingerprint density at radius 2 is 1.11 bits per heavy atom. The Hall–Kier alpha value is -5.59. The number of hydrogen-bond acceptors (Lipinski definition) is 23. The number of thioether (sulfide) groups is 1. The molecule has 3 fully saturated rings. The van der Waals surface area contributed by atoms with E-state index in [4.69, 9.17) is 66.3 Å². The summed E-state index contributed by atoms with van der Waals surface area (Å²) in [5, 5.41) is 18.1. The number of benzene rings is 1. The maximum Gasteiger partial charge on any atom is 0.410 e. The van der Waals surface area contributed by atoms with Crippen LogP contribution in [0.1, 0.15) is 126 Å². The van der Waals surface area contributed by atoms with E-state index in [1.807, 2.05) is 83.6 Å². The van der Waals surface area contributed by atoms with Crippen molar-refractivity contribution in [3.8, 4) is 0 Å². The van der Waals surface area contributed by atoms with Crippen LogP contribution in [0.5, 0.6) is 0 Å². The van der Waals surface area contributed by atoms with Crippen LogP contribution in [-0.2, 0) is 102 Å². The predicted octanol–water partition coefficient (Wildman–Crippen LogP) is 4.81. The van der Waals surface area contributed by atoms with E-state index in [9.17, 15) is 38.4 Å². The molecule has 0 saturated carbocycles. The van der Waals surface area contributed by atoms with Crippen molar-refractivity contribution in [3.05, 3.63) is 35.9 Å². The number of hydrogen-bond donors (Lipinski definition) is 6. The van der Waals surface area contributed by atoms with Gasteiger partial charge in [-0.15, -0.1) is 0 Å². The monoisotopic (exact) mass is 1580 g/mol. The number of ether oxygens (including phenoxy) is 14. The van der Waals surface area contributed by atoms with Crippen molar-refractivity contribution in [3.63, 3.8) is 0 Å². The third kappa shape index (κ3) is 37.6. The highest BCUT2D eigenvalue weighted by Crippen LogP contribution is 2.34. The van der Waals surface area contributed by atoms with Gasteiger partial charge in [-0.2, -0.15) is 11.8 Å². The molecule has 6 N–H and O–H groups in total. The lowest BCUT2D eigenvalue weighted by atomic mass is 9.89. The van der Waals surface area contributed by atoms with Crippen molar-refractivity contribution in [2.75, 3.05) is 199 Å². The average molecular weight is 1590 g/mol. The fourth-order valence-corrected chi connectivity index (χ4v) is 14.9. The third-order valence-corrected chi connectivity index (χ3v) is 20.8. The first kappa shape index (κ1) is 96.8. The molecule has 0 spiro atoms. The summed E-state index contributed by atoms with van der Waals surface area (Å²) < 4.78 is 79.2. The summed E-state index contributed by atoms with van der Waals surface area (Å²) in [6, 6.07) is 5.84. The zero-order valence-electron chi connectivity index (χ0n) is 68.4. The Kier molecular flexibility index (Phi) is 49.1. The SMILES string of the molecule is CC[C@H](C)[C@@H]([C@@H](CC(=O)N1CCC[C@H]1[C@H](OC)[C@@H](C)C(=O)N[C@@H](Cc1ccccc1)C(=O)NCCOCCOCCOCCOCCOCCOCCOCCOCCOCCOCCOCCNC(=O)CCCC[C@H]1SC[C@H]2NC(=O)N[C@H]21)OC)N(C)C(=O)[C@@H](NC(=O)[C@H](C(C)C)N(C)C(=O)OC(C)(C)C)C(C)C. The molecule has 0 bridgehead atoms. The molecule has 0 radical (unpaired) electrons. The van der Waals surface area contributed by atoms with Gasteiger partial charge in [-0.1, -0.05) is 91.6 Å². The highest BCUT2D eigenvalue weighted by molar-refractivity contribution is 8.00. The summed E-state index contributed by atoms with van der Waals surface area (Å²) in [7, 11) is 6.21. The predicted molar refractivity (Wildman–Crippen MR) is 417 cm³/mol. The first-order valence-corrected chi connectivity index (χ1v) is 40.7. The minimum Gasteiger partial charge on any atom is -0.444 e. The Bertz CT molecular complexity index is 2750. The number of carbonyl (C=O) groups excluding carboxylic acids is 8. The minimum atomic E-state index is -0.975. The number of methoxy groups -OCH3 is 2. The van der Waals surface area contributed by atoms with Gasteiger partial charge in [-0.3, -0.25) is 33.7 Å². The van der Waals surface area contributed by atoms with Gasteiger partial charge < -0.3 is 108 Å². The quantitative estimate of drug-likeness (QED) is 0.0376. The van der Waals surface area contributed by atoms with E-state index < -0.39 is 71.8 Å². The Morgan fingerprint density at radius 3 is 1.57 bits per heavy atom. The molecule has 3 saturated heterocycles. The number of carbonyl (C=O) groups is 8. The van der Waals surface area contributed by atoms with Crippen LogP contribution < -0.4 is 31.9 Å². The van der Waals surface area contributed by atoms with Crippen molar-refractivity contribution in [2.24, 2.45) is 23.7 Å². The summed E-state index contributed by atoms with van der Waals surface area (Å²) in [5.41, 5.74) is 0.0625. The second-order valence-electron chi connectivity index (χ2n) is 29.6. The largest absolute Gasteiger partial charge is 0.444 e. The Labute approximate surface area is 658 Å². The van der Waals surface area contributed by atoms with Gasteiger partial charge in [0.1, 0.15) is 23.7 Å². The van der Waals surface area contributed by atoms with Crippen molar-refractivity contribution >= 4 is 59.3 Å². The topological polar surface area (TPSA) is 348 Å². The van der Waals surface area contributed by atoms with E-state index >= 15 is 0 Å². The van der Waals surface area contributed by atoms with E-state index in [1.54, 1.807) is 44.5 Å². The first-order chi connectivity index (χ1) is 52.8. The van der Waals surface area contributed by atoms with E-state index in [-0.39, 0.29) is 85.5 Å². The van der Waals surface area contributed by atoms with Gasteiger partial charge in [0.15, 0.2) is 0 Å². The van der Waals surface area contributed by atoms with Crippen LogP contribution in [0.2, 0.25) is 0 Å². The number of nitrogens with zero attached hydrogens (tertiary/aromatic N) is 3. The van der Waals surface area contributed by atoms with E-state index in [2.05, 4.69) is 31.9 Å². The smallest absolute Gasteiger partial charge is 0.410 e. The molecule has 110 heavy (non-hydrogen) atoms. The number of likely N-dealkylation sites (tertiary alicyclic amines) is 1. The van der Waals surface area contributed by atoms with Crippen molar-refractivity contribution in [1.29, 1.82) is 0 Å². The Morgan fingerprint density at radius 1 is 0.609 bits per heavy atom. The number of unbranched alkanes of at least 4 members (excludes halogenated alkanes) is 1. The zero-order chi connectivity index (χ0) is 80.6. The fraction of sp³-hybridized carbons (Fsp3) is 0.821. The number of rotatable bonds is 62. The van der Waals surface area contributed by atoms with Gasteiger partial charge in [-0.05, 0) is 69.8 Å². The number of fused-ring (bicyclic) bond motifs is 1. The van der Waals surface area contributed by atoms with Gasteiger partial charge in [0.2, 0.25) is 35.4 Å². The highest BCUT2D eigenvalue weighted by Gasteiger charge is 2.45. The van der Waals surface area contributed by atoms with Crippen molar-refractivity contribution in [1.82, 2.24) is 46.6 Å². The Balaban J connectivity index is 0.997. The zero-order valence-corrected chi connectivity index (χ0v) is 69.3. The summed E-state index contributed by atoms with van der Waals surface area (Å²) in [5.74, 6) is -2.51. The molecular weight excluding hydrogens is 1450 g/mol. The van der Waals surface area contributed by atoms with E-state index in [0.717, 1.165) is 30.6 Å². The number of nitrogens with one attached hydrogen (secondary N) is 6. The second-order valence-corrected chi connectivity index (χ2v) is 30.9. The van der Waals surface area contributed by atoms with Gasteiger partial charge in [0, 0.05) is 71.8 Å². The van der Waals surface area contributed by atoms with E-state index in [0.29, 0.717) is 183 Å². The van der Waals surface area contributed by atoms with Crippen molar-refractivity contribution in [2.45, 2.75) is 192 Å². The van der Waals surface area contributed by atoms with E-state index in [1.165, 1.54) is 26.2 Å². The molecule has 0 unspecified atom stereocenters. The number of likely N-dealkylation sites (N-methyl/N-ethyl adjacent to an activating group) is 2. The van der Waals surface area contributed by atoms with Gasteiger partial charge in [0.05, 0.1) is 194 Å². The van der Waals surface area contributed by atoms with Crippen LogP contribution >= 0.6 is 11.8 Å². The van der Waals surface area contributed by atoms with Crippen LogP contribution in [-0.4, -0.2) is 327 Å². The molecule has 1 aromatic rings. The highest BCUT2D eigenvalue weighted by atomic mass is 32.2. The van der Waals surface area contributed by atoms with Gasteiger partial charge >= 0.3 is 12.1 Å². The second kappa shape index (κ2) is 55.8. The lowest BCUT2D eigenvalue weighted by Crippen LogP contribution is -2.60. The number of amides is 9. The summed E-state index contributed by atoms with van der Waals surface area (Å²) in [6.45, 7) is 28.4. The van der Waals surface area contributed by atoms with Crippen LogP contribution in [0.4, 0.5) is 9.59 Å². The maximum absolute atomic E-state index is 14.7. The molecule has 632 valence electrons. The molecule has 0 aromatic heterocycles. The first-order valence-electron chi connectivity index (χ1n) is 39.6. The van der Waals surface area contributed by atoms with Crippen LogP contribution in [0, 0.1) is 23.7 Å². The normalized spacial score (nSPS) is 18.5. The molecule has 3 aliphatic heterocycles. The minimum absolute atomic E-state index is 0.0270. The number of urea groups is 1. The van der Waals surface area contributed by atoms with Crippen molar-refractivity contribution < 1.29 is 105 Å². The summed E-state index contributed by atoms with van der Waals surface area (Å²) >= 11 is 1.89. The van der Waals surface area contributed by atoms with Crippen LogP contribution in [0.3, 0.4) is 0 Å². The molecular formula is C78H137N9O22S. The average Bonchev–Trinajstić information content (AvgIpc) is 1.60. The molecule has 9 amide bonds. The van der Waals surface area contributed by atoms with Crippen LogP contribution in [0.15, 0.2) is 30.3 Å². The summed E-state index contributed by atoms with van der Waals surface area (Å²) in [6.07, 6.45) is 3.14. The lowest BCUT2D eigenvalue weighted by molar-refractivity contribution is -0.148. The summed E-state index contributed by atoms with van der Waals surface area (Å²) in [4.78, 5) is 113. The molecule has 32 heteroatoms. The fourth-order valence-electron chi connectivity index (χ4n) is 13.3. The maximum atomic E-state index is 14.7. The molecule has 31 nitrogen and oxygen atoms in total. The van der Waals surface area contributed by atoms with Crippen LogP contribution in [0.25, 0.3) is 0 Å². The standard InChI is InChI=1S/C78H137N9O22S/c1-15-57(6)70(85(11)75(93)67(55(2)3)83-74(92)69(56(4)5)86(12)77(95)109-78(8,9)10)63(96-13)53-66(89)87-29-21-24-62(87)71(97-14)58(7)72(90)81-60(52-59-22-17-16-18-23-59)73(91)80-28-31-99-33-35-101-37-39-103-41-43-105-45-47-107-49-51-108-50-48-106-46-44-104-42-40-102-38-36-100-34-32-98-30-27-79-65(88)26-20-19-25-64-68-61(54-110-64)82-76(94)84-68/h16-18,22-23,55-58,60-64,67-71H,15,19-21,24-54H2,1-14H3,(H,79,88)(H,80,91)(H,81,90)(H,83,92)(H2,82,84,94)/t57-,58+,60-,61+,62-,63+,64+,67-,68+,69-,70-,71+/m0/s1. The molecule has 0 aliphatic carbocycles. The molecule has 3 aliphatic rings.